The molecular weight excluding hydrogens is 529 g/mol. The molecule has 3 rings (SSSR count). The zero-order valence-electron chi connectivity index (χ0n) is 20.3. The minimum absolute atomic E-state index is 0.0269. The fraction of sp³-hybridized carbons (Fsp3) is 0.417. The average molecular weight is 558 g/mol. The van der Waals surface area contributed by atoms with Crippen LogP contribution in [0.1, 0.15) is 32.3 Å². The summed E-state index contributed by atoms with van der Waals surface area (Å²) in [7, 11) is -3.87. The van der Waals surface area contributed by atoms with E-state index in [0.717, 1.165) is 17.0 Å². The molecule has 0 unspecified atom stereocenters. The second-order valence-electron chi connectivity index (χ2n) is 8.29. The zero-order valence-corrected chi connectivity index (χ0v) is 22.6. The predicted octanol–water partition coefficient (Wildman–Crippen LogP) is 3.82. The third kappa shape index (κ3) is 6.74. The third-order valence-corrected chi connectivity index (χ3v) is 7.48. The standard InChI is InChI=1S/C24H29Cl2N3O6S/c1-4-10-27-24(31)20(5-2)28(13-16-6-8-18(25)19(26)11-16)23(30)14-29(36(3,32)33)17-7-9-21-22(12-17)35-15-34-21/h6-9,11-12,20H,4-5,10,13-15H2,1-3H3,(H,27,31)/t20-/m0/s1. The number of carbonyl (C=O) groups is 2. The lowest BCUT2D eigenvalue weighted by atomic mass is 10.1. The van der Waals surface area contributed by atoms with Crippen LogP contribution in [-0.4, -0.2) is 57.3 Å². The lowest BCUT2D eigenvalue weighted by Gasteiger charge is -2.33. The Morgan fingerprint density at radius 2 is 1.78 bits per heavy atom. The highest BCUT2D eigenvalue weighted by Crippen LogP contribution is 2.36. The van der Waals surface area contributed by atoms with Crippen molar-refractivity contribution in [2.24, 2.45) is 0 Å². The van der Waals surface area contributed by atoms with Crippen LogP contribution in [0.3, 0.4) is 0 Å². The highest BCUT2D eigenvalue weighted by atomic mass is 35.5. The number of rotatable bonds is 11. The van der Waals surface area contributed by atoms with Gasteiger partial charge in [0.15, 0.2) is 11.5 Å². The van der Waals surface area contributed by atoms with E-state index in [1.165, 1.54) is 17.0 Å². The Kier molecular flexibility index (Phi) is 9.32. The number of fused-ring (bicyclic) bond motifs is 1. The molecule has 1 atom stereocenters. The number of hydrogen-bond acceptors (Lipinski definition) is 6. The Hall–Kier alpha value is -2.69. The smallest absolute Gasteiger partial charge is 0.244 e. The van der Waals surface area contributed by atoms with Crippen molar-refractivity contribution in [2.45, 2.75) is 39.3 Å². The van der Waals surface area contributed by atoms with Crippen LogP contribution in [0.2, 0.25) is 10.0 Å². The Balaban J connectivity index is 1.95. The molecule has 1 N–H and O–H groups in total. The highest BCUT2D eigenvalue weighted by molar-refractivity contribution is 7.92. The molecule has 0 aliphatic carbocycles. The molecule has 9 nitrogen and oxygen atoms in total. The minimum Gasteiger partial charge on any atom is -0.454 e. The van der Waals surface area contributed by atoms with E-state index in [-0.39, 0.29) is 24.9 Å². The van der Waals surface area contributed by atoms with E-state index in [0.29, 0.717) is 40.1 Å². The fourth-order valence-corrected chi connectivity index (χ4v) is 4.94. The number of benzene rings is 2. The quantitative estimate of drug-likeness (QED) is 0.450. The molecule has 0 bridgehead atoms. The first kappa shape index (κ1) is 27.9. The summed E-state index contributed by atoms with van der Waals surface area (Å²) < 4.78 is 37.1. The molecule has 0 aromatic heterocycles. The number of ether oxygens (including phenoxy) is 2. The summed E-state index contributed by atoms with van der Waals surface area (Å²) in [5.41, 5.74) is 0.890. The van der Waals surface area contributed by atoms with Gasteiger partial charge in [0, 0.05) is 19.2 Å². The van der Waals surface area contributed by atoms with E-state index in [1.807, 2.05) is 6.92 Å². The number of carbonyl (C=O) groups excluding carboxylic acids is 2. The summed E-state index contributed by atoms with van der Waals surface area (Å²) in [5.74, 6) is -0.00513. The predicted molar refractivity (Wildman–Crippen MR) is 139 cm³/mol. The summed E-state index contributed by atoms with van der Waals surface area (Å²) in [6, 6.07) is 8.74. The van der Waals surface area contributed by atoms with Crippen molar-refractivity contribution < 1.29 is 27.5 Å². The Morgan fingerprint density at radius 1 is 1.06 bits per heavy atom. The summed E-state index contributed by atoms with van der Waals surface area (Å²) in [6.07, 6.45) is 2.07. The normalized spacial score (nSPS) is 13.2. The molecule has 0 radical (unpaired) electrons. The van der Waals surface area contributed by atoms with E-state index in [1.54, 1.807) is 31.2 Å². The Morgan fingerprint density at radius 3 is 2.42 bits per heavy atom. The van der Waals surface area contributed by atoms with Crippen LogP contribution in [-0.2, 0) is 26.2 Å². The summed E-state index contributed by atoms with van der Waals surface area (Å²) in [6.45, 7) is 3.71. The van der Waals surface area contributed by atoms with E-state index in [9.17, 15) is 18.0 Å². The van der Waals surface area contributed by atoms with Gasteiger partial charge in [-0.05, 0) is 42.7 Å². The van der Waals surface area contributed by atoms with Crippen LogP contribution in [0.4, 0.5) is 5.69 Å². The Labute approximate surface area is 221 Å². The van der Waals surface area contributed by atoms with Gasteiger partial charge < -0.3 is 19.7 Å². The molecule has 0 spiro atoms. The Bertz CT molecular complexity index is 1220. The monoisotopic (exact) mass is 557 g/mol. The number of hydrogen-bond donors (Lipinski definition) is 1. The first-order valence-corrected chi connectivity index (χ1v) is 14.0. The molecule has 0 fully saturated rings. The lowest BCUT2D eigenvalue weighted by Crippen LogP contribution is -2.52. The van der Waals surface area contributed by atoms with Gasteiger partial charge in [0.05, 0.1) is 22.0 Å². The van der Waals surface area contributed by atoms with Gasteiger partial charge >= 0.3 is 0 Å². The number of nitrogens with zero attached hydrogens (tertiary/aromatic N) is 2. The zero-order chi connectivity index (χ0) is 26.5. The summed E-state index contributed by atoms with van der Waals surface area (Å²) >= 11 is 12.2. The average Bonchev–Trinajstić information content (AvgIpc) is 3.30. The molecule has 1 heterocycles. The molecule has 1 aliphatic rings. The van der Waals surface area contributed by atoms with Crippen molar-refractivity contribution in [3.05, 3.63) is 52.0 Å². The van der Waals surface area contributed by atoms with Crippen molar-refractivity contribution >= 4 is 50.7 Å². The number of anilines is 1. The first-order chi connectivity index (χ1) is 17.0. The first-order valence-electron chi connectivity index (χ1n) is 11.4. The van der Waals surface area contributed by atoms with Gasteiger partial charge in [-0.25, -0.2) is 8.42 Å². The van der Waals surface area contributed by atoms with Crippen molar-refractivity contribution in [2.75, 3.05) is 30.4 Å². The highest BCUT2D eigenvalue weighted by Gasteiger charge is 2.32. The molecule has 2 aromatic carbocycles. The van der Waals surface area contributed by atoms with Gasteiger partial charge in [-0.15, -0.1) is 0 Å². The van der Waals surface area contributed by atoms with Crippen LogP contribution in [0.25, 0.3) is 0 Å². The number of sulfonamides is 1. The fourth-order valence-electron chi connectivity index (χ4n) is 3.77. The van der Waals surface area contributed by atoms with E-state index < -0.39 is 28.5 Å². The third-order valence-electron chi connectivity index (χ3n) is 5.60. The molecule has 0 saturated carbocycles. The second kappa shape index (κ2) is 12.0. The van der Waals surface area contributed by atoms with Gasteiger partial charge in [0.1, 0.15) is 12.6 Å². The SMILES string of the molecule is CCCNC(=O)[C@H](CC)N(Cc1ccc(Cl)c(Cl)c1)C(=O)CN(c1ccc2c(c1)OCO2)S(C)(=O)=O. The second-order valence-corrected chi connectivity index (χ2v) is 11.0. The molecule has 2 amide bonds. The molecule has 2 aromatic rings. The molecular formula is C24H29Cl2N3O6S. The molecule has 36 heavy (non-hydrogen) atoms. The molecule has 1 aliphatic heterocycles. The van der Waals surface area contributed by atoms with Gasteiger partial charge in [0.2, 0.25) is 28.6 Å². The maximum Gasteiger partial charge on any atom is 0.244 e. The number of halogens is 2. The van der Waals surface area contributed by atoms with Crippen LogP contribution in [0, 0.1) is 0 Å². The maximum atomic E-state index is 13.7. The van der Waals surface area contributed by atoms with Crippen molar-refractivity contribution in [3.63, 3.8) is 0 Å². The van der Waals surface area contributed by atoms with Crippen molar-refractivity contribution in [1.82, 2.24) is 10.2 Å². The number of amides is 2. The largest absolute Gasteiger partial charge is 0.454 e. The van der Waals surface area contributed by atoms with Gasteiger partial charge in [-0.1, -0.05) is 43.1 Å². The van der Waals surface area contributed by atoms with E-state index in [2.05, 4.69) is 5.32 Å². The maximum absolute atomic E-state index is 13.7. The molecule has 196 valence electrons. The van der Waals surface area contributed by atoms with Gasteiger partial charge in [0.25, 0.3) is 0 Å². The summed E-state index contributed by atoms with van der Waals surface area (Å²) in [5, 5.41) is 3.49. The molecule has 12 heteroatoms. The minimum atomic E-state index is -3.87. The lowest BCUT2D eigenvalue weighted by molar-refractivity contribution is -0.140. The van der Waals surface area contributed by atoms with Crippen LogP contribution < -0.4 is 19.1 Å². The topological polar surface area (TPSA) is 105 Å². The van der Waals surface area contributed by atoms with Gasteiger partial charge in [-0.3, -0.25) is 13.9 Å². The van der Waals surface area contributed by atoms with Gasteiger partial charge in [-0.2, -0.15) is 0 Å². The van der Waals surface area contributed by atoms with E-state index in [4.69, 9.17) is 32.7 Å². The number of nitrogens with one attached hydrogen (secondary N) is 1. The van der Waals surface area contributed by atoms with Crippen LogP contribution in [0.5, 0.6) is 11.5 Å². The van der Waals surface area contributed by atoms with Crippen molar-refractivity contribution in [1.29, 1.82) is 0 Å². The van der Waals surface area contributed by atoms with Crippen molar-refractivity contribution in [3.8, 4) is 11.5 Å². The van der Waals surface area contributed by atoms with Crippen LogP contribution >= 0.6 is 23.2 Å². The molecule has 0 saturated heterocycles. The summed E-state index contributed by atoms with van der Waals surface area (Å²) in [4.78, 5) is 28.0. The van der Waals surface area contributed by atoms with E-state index >= 15 is 0 Å². The van der Waals surface area contributed by atoms with Crippen LogP contribution in [0.15, 0.2) is 36.4 Å².